The summed E-state index contributed by atoms with van der Waals surface area (Å²) in [4.78, 5) is 2.47. The Morgan fingerprint density at radius 2 is 1.83 bits per heavy atom. The van der Waals surface area contributed by atoms with E-state index in [0.717, 1.165) is 25.9 Å². The molecule has 0 fully saturated rings. The second-order valence-corrected chi connectivity index (χ2v) is 3.13. The SMILES string of the molecule is CCCCN(CC)CCCC=N. The van der Waals surface area contributed by atoms with Gasteiger partial charge in [-0.3, -0.25) is 0 Å². The molecule has 2 heteroatoms. The highest BCUT2D eigenvalue weighted by Crippen LogP contribution is 1.97. The van der Waals surface area contributed by atoms with E-state index in [-0.39, 0.29) is 0 Å². The molecule has 0 aromatic rings. The third-order valence-corrected chi connectivity index (χ3v) is 2.10. The van der Waals surface area contributed by atoms with Crippen molar-refractivity contribution in [3.63, 3.8) is 0 Å². The lowest BCUT2D eigenvalue weighted by Crippen LogP contribution is -2.25. The normalized spacial score (nSPS) is 10.6. The van der Waals surface area contributed by atoms with Gasteiger partial charge in [-0.2, -0.15) is 0 Å². The molecule has 0 saturated heterocycles. The van der Waals surface area contributed by atoms with Crippen LogP contribution in [0.4, 0.5) is 0 Å². The second-order valence-electron chi connectivity index (χ2n) is 3.13. The van der Waals surface area contributed by atoms with Crippen molar-refractivity contribution in [3.8, 4) is 0 Å². The van der Waals surface area contributed by atoms with Crippen LogP contribution in [0.25, 0.3) is 0 Å². The van der Waals surface area contributed by atoms with Crippen molar-refractivity contribution in [2.75, 3.05) is 19.6 Å². The molecule has 0 rings (SSSR count). The van der Waals surface area contributed by atoms with Gasteiger partial charge in [-0.05, 0) is 45.1 Å². The van der Waals surface area contributed by atoms with Gasteiger partial charge in [0.05, 0.1) is 0 Å². The molecule has 0 aliphatic carbocycles. The predicted molar refractivity (Wildman–Crippen MR) is 55.0 cm³/mol. The summed E-state index contributed by atoms with van der Waals surface area (Å²) in [6.07, 6.45) is 6.16. The molecule has 0 aliphatic heterocycles. The van der Waals surface area contributed by atoms with Crippen molar-refractivity contribution in [1.82, 2.24) is 4.90 Å². The van der Waals surface area contributed by atoms with Crippen molar-refractivity contribution in [2.24, 2.45) is 0 Å². The fourth-order valence-corrected chi connectivity index (χ4v) is 1.23. The van der Waals surface area contributed by atoms with E-state index in [2.05, 4.69) is 18.7 Å². The van der Waals surface area contributed by atoms with Crippen LogP contribution in [-0.4, -0.2) is 30.7 Å². The summed E-state index contributed by atoms with van der Waals surface area (Å²) in [6, 6.07) is 0. The first-order valence-electron chi connectivity index (χ1n) is 5.06. The molecule has 0 amide bonds. The van der Waals surface area contributed by atoms with Crippen LogP contribution < -0.4 is 0 Å². The van der Waals surface area contributed by atoms with Gasteiger partial charge in [0.15, 0.2) is 0 Å². The van der Waals surface area contributed by atoms with Crippen LogP contribution in [0.2, 0.25) is 0 Å². The van der Waals surface area contributed by atoms with Gasteiger partial charge in [0.1, 0.15) is 0 Å². The number of rotatable bonds is 8. The molecule has 0 bridgehead atoms. The van der Waals surface area contributed by atoms with Gasteiger partial charge in [0, 0.05) is 0 Å². The molecular weight excluding hydrogens is 148 g/mol. The first-order chi connectivity index (χ1) is 5.85. The highest BCUT2D eigenvalue weighted by molar-refractivity contribution is 5.52. The third kappa shape index (κ3) is 6.35. The van der Waals surface area contributed by atoms with Crippen LogP contribution in [-0.2, 0) is 0 Å². The van der Waals surface area contributed by atoms with Crippen molar-refractivity contribution in [2.45, 2.75) is 39.5 Å². The Balaban J connectivity index is 3.32. The highest BCUT2D eigenvalue weighted by atomic mass is 15.1. The van der Waals surface area contributed by atoms with Crippen LogP contribution in [0.1, 0.15) is 39.5 Å². The van der Waals surface area contributed by atoms with Gasteiger partial charge < -0.3 is 10.3 Å². The average molecular weight is 170 g/mol. The van der Waals surface area contributed by atoms with Crippen LogP contribution >= 0.6 is 0 Å². The Hall–Kier alpha value is -0.370. The minimum Gasteiger partial charge on any atom is -0.313 e. The van der Waals surface area contributed by atoms with Gasteiger partial charge in [0.25, 0.3) is 0 Å². The summed E-state index contributed by atoms with van der Waals surface area (Å²) in [6.45, 7) is 7.97. The number of nitrogens with one attached hydrogen (secondary N) is 1. The Bertz CT molecular complexity index is 102. The van der Waals surface area contributed by atoms with Gasteiger partial charge in [-0.25, -0.2) is 0 Å². The monoisotopic (exact) mass is 170 g/mol. The number of hydrogen-bond acceptors (Lipinski definition) is 2. The summed E-state index contributed by atoms with van der Waals surface area (Å²) in [5.41, 5.74) is 0. The topological polar surface area (TPSA) is 27.1 Å². The van der Waals surface area contributed by atoms with Crippen molar-refractivity contribution < 1.29 is 0 Å². The van der Waals surface area contributed by atoms with E-state index in [9.17, 15) is 0 Å². The molecule has 0 aromatic heterocycles. The van der Waals surface area contributed by atoms with Crippen molar-refractivity contribution in [1.29, 1.82) is 5.41 Å². The van der Waals surface area contributed by atoms with E-state index in [4.69, 9.17) is 5.41 Å². The van der Waals surface area contributed by atoms with Crippen molar-refractivity contribution in [3.05, 3.63) is 0 Å². The van der Waals surface area contributed by atoms with Gasteiger partial charge in [-0.1, -0.05) is 20.3 Å². The second kappa shape index (κ2) is 8.72. The molecule has 0 radical (unpaired) electrons. The minimum absolute atomic E-state index is 0.933. The lowest BCUT2D eigenvalue weighted by molar-refractivity contribution is 0.282. The smallest absolute Gasteiger partial charge is 0.00153 e. The van der Waals surface area contributed by atoms with Crippen LogP contribution in [0, 0.1) is 5.41 Å². The van der Waals surface area contributed by atoms with Gasteiger partial charge in [0.2, 0.25) is 0 Å². The first-order valence-corrected chi connectivity index (χ1v) is 5.06. The lowest BCUT2D eigenvalue weighted by Gasteiger charge is -2.19. The molecule has 2 nitrogen and oxygen atoms in total. The molecule has 0 aromatic carbocycles. The van der Waals surface area contributed by atoms with Crippen molar-refractivity contribution >= 4 is 6.21 Å². The molecule has 0 spiro atoms. The molecule has 0 saturated carbocycles. The molecule has 1 N–H and O–H groups in total. The fourth-order valence-electron chi connectivity index (χ4n) is 1.23. The van der Waals surface area contributed by atoms with E-state index in [1.165, 1.54) is 25.6 Å². The summed E-state index contributed by atoms with van der Waals surface area (Å²) < 4.78 is 0. The largest absolute Gasteiger partial charge is 0.313 e. The Kier molecular flexibility index (Phi) is 8.46. The molecule has 0 unspecified atom stereocenters. The molecule has 12 heavy (non-hydrogen) atoms. The van der Waals surface area contributed by atoms with Crippen LogP contribution in [0.3, 0.4) is 0 Å². The summed E-state index contributed by atoms with van der Waals surface area (Å²) in [7, 11) is 0. The summed E-state index contributed by atoms with van der Waals surface area (Å²) >= 11 is 0. The van der Waals surface area contributed by atoms with Gasteiger partial charge in [-0.15, -0.1) is 0 Å². The van der Waals surface area contributed by atoms with E-state index in [0.29, 0.717) is 0 Å². The maximum atomic E-state index is 6.90. The van der Waals surface area contributed by atoms with E-state index in [1.54, 1.807) is 0 Å². The zero-order valence-electron chi connectivity index (χ0n) is 8.47. The van der Waals surface area contributed by atoms with E-state index < -0.39 is 0 Å². The Morgan fingerprint density at radius 1 is 1.17 bits per heavy atom. The summed E-state index contributed by atoms with van der Waals surface area (Å²) in [5.74, 6) is 0. The summed E-state index contributed by atoms with van der Waals surface area (Å²) in [5, 5.41) is 6.90. The fraction of sp³-hybridized carbons (Fsp3) is 0.900. The maximum absolute atomic E-state index is 6.90. The maximum Gasteiger partial charge on any atom is -0.00153 e. The Morgan fingerprint density at radius 3 is 2.33 bits per heavy atom. The van der Waals surface area contributed by atoms with Crippen LogP contribution in [0.5, 0.6) is 0 Å². The van der Waals surface area contributed by atoms with Crippen LogP contribution in [0.15, 0.2) is 0 Å². The van der Waals surface area contributed by atoms with Gasteiger partial charge >= 0.3 is 0 Å². The predicted octanol–water partition coefficient (Wildman–Crippen LogP) is 2.54. The lowest BCUT2D eigenvalue weighted by atomic mass is 10.2. The zero-order chi connectivity index (χ0) is 9.23. The molecule has 0 aliphatic rings. The first kappa shape index (κ1) is 11.6. The van der Waals surface area contributed by atoms with E-state index in [1.807, 2.05) is 0 Å². The minimum atomic E-state index is 0.933. The molecule has 0 atom stereocenters. The number of hydrogen-bond donors (Lipinski definition) is 1. The molecular formula is C10H22N2. The molecule has 0 heterocycles. The Labute approximate surface area is 76.5 Å². The third-order valence-electron chi connectivity index (χ3n) is 2.10. The average Bonchev–Trinajstić information content (AvgIpc) is 2.11. The number of unbranched alkanes of at least 4 members (excludes halogenated alkanes) is 2. The zero-order valence-corrected chi connectivity index (χ0v) is 8.47. The molecule has 72 valence electrons. The van der Waals surface area contributed by atoms with E-state index >= 15 is 0 Å². The highest BCUT2D eigenvalue weighted by Gasteiger charge is 1.99. The quantitative estimate of drug-likeness (QED) is 0.440. The number of nitrogens with zero attached hydrogens (tertiary/aromatic N) is 1. The standard InChI is InChI=1S/C10H22N2/c1-3-5-9-12(4-2)10-7-6-8-11/h8,11H,3-7,9-10H2,1-2H3.